The summed E-state index contributed by atoms with van der Waals surface area (Å²) in [6, 6.07) is 18.5. The largest absolute Gasteiger partial charge is 0.475 e. The van der Waals surface area contributed by atoms with Gasteiger partial charge in [-0.05, 0) is 50.9 Å². The van der Waals surface area contributed by atoms with Gasteiger partial charge in [0.1, 0.15) is 5.92 Å². The van der Waals surface area contributed by atoms with Crippen LogP contribution in [0.4, 0.5) is 11.4 Å². The van der Waals surface area contributed by atoms with Gasteiger partial charge in [-0.3, -0.25) is 24.8 Å². The number of nitrogens with zero attached hydrogens (tertiary/aromatic N) is 4. The summed E-state index contributed by atoms with van der Waals surface area (Å²) in [7, 11) is 0. The van der Waals surface area contributed by atoms with E-state index in [1.807, 2.05) is 32.0 Å². The van der Waals surface area contributed by atoms with Gasteiger partial charge in [0.2, 0.25) is 5.88 Å². The van der Waals surface area contributed by atoms with Gasteiger partial charge < -0.3 is 9.47 Å². The minimum Gasteiger partial charge on any atom is -0.475 e. The van der Waals surface area contributed by atoms with E-state index in [2.05, 4.69) is 22.0 Å². The van der Waals surface area contributed by atoms with Gasteiger partial charge in [-0.1, -0.05) is 42.5 Å². The number of rotatable bonds is 9. The van der Waals surface area contributed by atoms with Crippen molar-refractivity contribution in [1.82, 2.24) is 9.88 Å². The summed E-state index contributed by atoms with van der Waals surface area (Å²) in [5.41, 5.74) is 3.69. The van der Waals surface area contributed by atoms with Gasteiger partial charge >= 0.3 is 5.97 Å². The second-order valence-electron chi connectivity index (χ2n) is 10.8. The first-order valence-electron chi connectivity index (χ1n) is 13.7. The molecule has 0 N–H and O–H groups in total. The Bertz CT molecular complexity index is 1410. The highest BCUT2D eigenvalue weighted by Crippen LogP contribution is 2.47. The number of hydrogen-bond donors (Lipinski definition) is 0. The van der Waals surface area contributed by atoms with Crippen LogP contribution in [-0.4, -0.2) is 52.3 Å². The molecular formula is C31H34N4O5. The van der Waals surface area contributed by atoms with E-state index in [1.54, 1.807) is 31.3 Å². The van der Waals surface area contributed by atoms with Gasteiger partial charge in [-0.15, -0.1) is 0 Å². The molecule has 1 aromatic heterocycles. The van der Waals surface area contributed by atoms with Crippen LogP contribution in [-0.2, 0) is 16.1 Å². The van der Waals surface area contributed by atoms with Crippen LogP contribution in [0.1, 0.15) is 49.8 Å². The number of nitro groups is 1. The molecule has 2 aromatic carbocycles. The first kappa shape index (κ1) is 27.5. The second kappa shape index (κ2) is 12.0. The molecule has 2 aliphatic heterocycles. The molecule has 0 bridgehead atoms. The molecule has 0 spiro atoms. The highest BCUT2D eigenvalue weighted by Gasteiger charge is 2.42. The van der Waals surface area contributed by atoms with E-state index in [-0.39, 0.29) is 17.7 Å². The third-order valence-electron chi connectivity index (χ3n) is 7.44. The standard InChI is InChI=1S/C31H34N4O5/c1-20(2)40-30-29-26(12-14-32-30)33-21(3)27(28(29)24-10-7-11-25(16-24)35(37)38)31(36)39-19-23-13-15-34(18-23)17-22-8-5-4-6-9-22/h4-12,14,16,20,23,27-28H,13,15,17-19H2,1-3H3. The Balaban J connectivity index is 1.40. The number of esters is 1. The average molecular weight is 543 g/mol. The molecule has 0 saturated carbocycles. The molecule has 9 nitrogen and oxygen atoms in total. The predicted octanol–water partition coefficient (Wildman–Crippen LogP) is 5.70. The number of aromatic nitrogens is 1. The average Bonchev–Trinajstić information content (AvgIpc) is 3.38. The van der Waals surface area contributed by atoms with E-state index in [0.29, 0.717) is 35.0 Å². The van der Waals surface area contributed by atoms with Gasteiger partial charge in [0.25, 0.3) is 5.69 Å². The number of carbonyl (C=O) groups excluding carboxylic acids is 1. The monoisotopic (exact) mass is 542 g/mol. The topological polar surface area (TPSA) is 107 Å². The molecular weight excluding hydrogens is 508 g/mol. The summed E-state index contributed by atoms with van der Waals surface area (Å²) in [4.78, 5) is 36.5. The Hall–Kier alpha value is -4.11. The normalized spacial score (nSPS) is 20.6. The number of aliphatic imine (C=N–C) groups is 1. The lowest BCUT2D eigenvalue weighted by molar-refractivity contribution is -0.384. The number of benzene rings is 2. The minimum absolute atomic E-state index is 0.0500. The van der Waals surface area contributed by atoms with E-state index >= 15 is 0 Å². The van der Waals surface area contributed by atoms with Crippen LogP contribution in [0.5, 0.6) is 5.88 Å². The zero-order valence-electron chi connectivity index (χ0n) is 23.0. The van der Waals surface area contributed by atoms with Gasteiger partial charge in [0.05, 0.1) is 23.3 Å². The van der Waals surface area contributed by atoms with Crippen LogP contribution < -0.4 is 4.74 Å². The van der Waals surface area contributed by atoms with Gasteiger partial charge in [-0.2, -0.15) is 0 Å². The molecule has 0 aliphatic carbocycles. The van der Waals surface area contributed by atoms with E-state index < -0.39 is 22.7 Å². The molecule has 1 saturated heterocycles. The lowest BCUT2D eigenvalue weighted by Crippen LogP contribution is -2.35. The lowest BCUT2D eigenvalue weighted by atomic mass is 9.76. The van der Waals surface area contributed by atoms with Crippen LogP contribution in [0.25, 0.3) is 0 Å². The zero-order chi connectivity index (χ0) is 28.2. The number of nitro benzene ring substituents is 1. The van der Waals surface area contributed by atoms with Crippen molar-refractivity contribution in [2.24, 2.45) is 16.8 Å². The van der Waals surface area contributed by atoms with Gasteiger partial charge in [-0.25, -0.2) is 4.98 Å². The first-order chi connectivity index (χ1) is 19.3. The Kier molecular flexibility index (Phi) is 8.21. The van der Waals surface area contributed by atoms with E-state index in [1.165, 1.54) is 17.7 Å². The minimum atomic E-state index is -0.768. The van der Waals surface area contributed by atoms with Crippen molar-refractivity contribution in [1.29, 1.82) is 0 Å². The van der Waals surface area contributed by atoms with Crippen molar-refractivity contribution in [2.45, 2.75) is 45.8 Å². The van der Waals surface area contributed by atoms with Crippen molar-refractivity contribution in [3.63, 3.8) is 0 Å². The summed E-state index contributed by atoms with van der Waals surface area (Å²) >= 11 is 0. The Labute approximate surface area is 234 Å². The van der Waals surface area contributed by atoms with Crippen molar-refractivity contribution in [3.05, 3.63) is 93.7 Å². The molecule has 0 amide bonds. The zero-order valence-corrected chi connectivity index (χ0v) is 23.0. The SMILES string of the molecule is CC1=Nc2ccnc(OC(C)C)c2C(c2cccc([N+](=O)[O-])c2)C1C(=O)OCC1CCN(Cc2ccccc2)C1. The predicted molar refractivity (Wildman–Crippen MR) is 152 cm³/mol. The number of carbonyl (C=O) groups is 1. The van der Waals surface area contributed by atoms with E-state index in [9.17, 15) is 14.9 Å². The number of non-ortho nitro benzene ring substituents is 1. The molecule has 208 valence electrons. The van der Waals surface area contributed by atoms with Crippen molar-refractivity contribution in [3.8, 4) is 5.88 Å². The molecule has 9 heteroatoms. The molecule has 1 fully saturated rings. The summed E-state index contributed by atoms with van der Waals surface area (Å²) in [5, 5.41) is 11.6. The molecule has 3 atom stereocenters. The van der Waals surface area contributed by atoms with Crippen LogP contribution in [0.3, 0.4) is 0 Å². The molecule has 3 heterocycles. The smallest absolute Gasteiger partial charge is 0.315 e. The van der Waals surface area contributed by atoms with Crippen molar-refractivity contribution >= 4 is 23.1 Å². The molecule has 0 radical (unpaired) electrons. The summed E-state index contributed by atoms with van der Waals surface area (Å²) in [6.07, 6.45) is 2.41. The van der Waals surface area contributed by atoms with Crippen molar-refractivity contribution in [2.75, 3.05) is 19.7 Å². The maximum absolute atomic E-state index is 13.8. The van der Waals surface area contributed by atoms with Gasteiger partial charge in [0.15, 0.2) is 0 Å². The Morgan fingerprint density at radius 1 is 1.15 bits per heavy atom. The van der Waals surface area contributed by atoms with E-state index in [0.717, 1.165) is 26.1 Å². The van der Waals surface area contributed by atoms with Crippen LogP contribution in [0.15, 0.2) is 71.9 Å². The summed E-state index contributed by atoms with van der Waals surface area (Å²) in [6.45, 7) is 8.59. The number of fused-ring (bicyclic) bond motifs is 1. The second-order valence-corrected chi connectivity index (χ2v) is 10.8. The molecule has 40 heavy (non-hydrogen) atoms. The highest BCUT2D eigenvalue weighted by atomic mass is 16.6. The van der Waals surface area contributed by atoms with Crippen molar-refractivity contribution < 1.29 is 19.2 Å². The Morgan fingerprint density at radius 3 is 2.70 bits per heavy atom. The fourth-order valence-corrected chi connectivity index (χ4v) is 5.64. The molecule has 5 rings (SSSR count). The fraction of sp³-hybridized carbons (Fsp3) is 0.387. The Morgan fingerprint density at radius 2 is 1.95 bits per heavy atom. The molecule has 3 aromatic rings. The van der Waals surface area contributed by atoms with E-state index in [4.69, 9.17) is 14.5 Å². The number of ether oxygens (including phenoxy) is 2. The number of pyridine rings is 1. The quantitative estimate of drug-likeness (QED) is 0.194. The third-order valence-corrected chi connectivity index (χ3v) is 7.44. The van der Waals surface area contributed by atoms with Crippen LogP contribution in [0.2, 0.25) is 0 Å². The van der Waals surface area contributed by atoms with Crippen LogP contribution >= 0.6 is 0 Å². The summed E-state index contributed by atoms with van der Waals surface area (Å²) < 4.78 is 12.0. The first-order valence-corrected chi connectivity index (χ1v) is 13.7. The maximum Gasteiger partial charge on any atom is 0.315 e. The number of hydrogen-bond acceptors (Lipinski definition) is 8. The summed E-state index contributed by atoms with van der Waals surface area (Å²) in [5.74, 6) is -1.16. The maximum atomic E-state index is 13.8. The van der Waals surface area contributed by atoms with Crippen LogP contribution in [0, 0.1) is 22.0 Å². The van der Waals surface area contributed by atoms with Gasteiger partial charge in [0, 0.05) is 54.5 Å². The highest BCUT2D eigenvalue weighted by molar-refractivity contribution is 6.05. The molecule has 2 aliphatic rings. The lowest BCUT2D eigenvalue weighted by Gasteiger charge is -2.32. The fourth-order valence-electron chi connectivity index (χ4n) is 5.64. The third kappa shape index (κ3) is 6.04. The number of likely N-dealkylation sites (tertiary alicyclic amines) is 1. The molecule has 3 unspecified atom stereocenters.